The molecule has 43 heavy (non-hydrogen) atoms. The van der Waals surface area contributed by atoms with Gasteiger partial charge in [0, 0.05) is 49.5 Å². The number of nitrogens with one attached hydrogen (secondary N) is 1. The van der Waals surface area contributed by atoms with Crippen molar-refractivity contribution in [1.29, 1.82) is 0 Å². The monoisotopic (exact) mass is 636 g/mol. The number of hydrogen-bond acceptors (Lipinski definition) is 6. The van der Waals surface area contributed by atoms with Gasteiger partial charge in [0.2, 0.25) is 0 Å². The van der Waals surface area contributed by atoms with Gasteiger partial charge < -0.3 is 14.7 Å². The van der Waals surface area contributed by atoms with Gasteiger partial charge in [-0.15, -0.1) is 0 Å². The zero-order chi connectivity index (χ0) is 30.3. The van der Waals surface area contributed by atoms with Crippen LogP contribution in [0, 0.1) is 6.92 Å². The van der Waals surface area contributed by atoms with Crippen LogP contribution >= 0.6 is 34.8 Å². The standard InChI is InChI=1S/C33H31Cl3N4O3/c1-22-17-23(21-37-38-33(42)25-7-10-31(41)30(36)19-25)18-27(24-5-3-2-4-6-24)32(22)43-16-15-39-11-13-40(14-12-39)26-8-9-28(34)29(35)20-26/h2-10,17-21,41H,11-16H2,1H3,(H,38,42)/b37-21+. The van der Waals surface area contributed by atoms with Crippen LogP contribution in [0.2, 0.25) is 15.1 Å². The Kier molecular flexibility index (Phi) is 10.1. The minimum Gasteiger partial charge on any atom is -0.506 e. The molecule has 222 valence electrons. The molecule has 0 unspecified atom stereocenters. The number of hydrazone groups is 1. The lowest BCUT2D eigenvalue weighted by atomic mass is 9.99. The van der Waals surface area contributed by atoms with E-state index in [1.807, 2.05) is 67.6 Å². The molecule has 0 bridgehead atoms. The molecular formula is C33H31Cl3N4O3. The molecule has 0 saturated carbocycles. The quantitative estimate of drug-likeness (QED) is 0.149. The zero-order valence-corrected chi connectivity index (χ0v) is 25.8. The first kappa shape index (κ1) is 30.7. The number of carbonyl (C=O) groups is 1. The number of benzene rings is 4. The van der Waals surface area contributed by atoms with Crippen molar-refractivity contribution in [2.24, 2.45) is 5.10 Å². The molecule has 1 aliphatic heterocycles. The maximum atomic E-state index is 12.5. The van der Waals surface area contributed by atoms with Crippen molar-refractivity contribution < 1.29 is 14.6 Å². The Labute approximate surface area is 266 Å². The Balaban J connectivity index is 1.23. The number of ether oxygens (including phenoxy) is 1. The summed E-state index contributed by atoms with van der Waals surface area (Å²) >= 11 is 18.2. The van der Waals surface area contributed by atoms with Crippen LogP contribution in [0.25, 0.3) is 11.1 Å². The van der Waals surface area contributed by atoms with Gasteiger partial charge in [-0.1, -0.05) is 65.1 Å². The summed E-state index contributed by atoms with van der Waals surface area (Å²) in [6.45, 7) is 7.00. The summed E-state index contributed by atoms with van der Waals surface area (Å²) in [6, 6.07) is 24.0. The van der Waals surface area contributed by atoms with E-state index in [2.05, 4.69) is 20.3 Å². The second kappa shape index (κ2) is 14.1. The highest BCUT2D eigenvalue weighted by Gasteiger charge is 2.19. The number of phenolic OH excluding ortho intramolecular Hbond substituents is 1. The number of nitrogens with zero attached hydrogens (tertiary/aromatic N) is 3. The zero-order valence-electron chi connectivity index (χ0n) is 23.6. The lowest BCUT2D eigenvalue weighted by Crippen LogP contribution is -2.47. The van der Waals surface area contributed by atoms with E-state index < -0.39 is 5.91 Å². The van der Waals surface area contributed by atoms with Gasteiger partial charge >= 0.3 is 0 Å². The number of halogens is 3. The molecule has 4 aromatic carbocycles. The van der Waals surface area contributed by atoms with Crippen molar-refractivity contribution in [3.63, 3.8) is 0 Å². The number of rotatable bonds is 9. The van der Waals surface area contributed by atoms with Crippen molar-refractivity contribution in [3.05, 3.63) is 111 Å². The van der Waals surface area contributed by atoms with E-state index >= 15 is 0 Å². The second-order valence-electron chi connectivity index (χ2n) is 10.2. The fourth-order valence-electron chi connectivity index (χ4n) is 4.97. The molecule has 10 heteroatoms. The molecule has 0 radical (unpaired) electrons. The maximum Gasteiger partial charge on any atom is 0.271 e. The van der Waals surface area contributed by atoms with Gasteiger partial charge in [-0.2, -0.15) is 5.10 Å². The SMILES string of the molecule is Cc1cc(/C=N/NC(=O)c2ccc(O)c(Cl)c2)cc(-c2ccccc2)c1OCCN1CCN(c2ccc(Cl)c(Cl)c2)CC1. The number of carbonyl (C=O) groups excluding carboxylic acids is 1. The number of aryl methyl sites for hydroxylation is 1. The van der Waals surface area contributed by atoms with E-state index in [4.69, 9.17) is 39.5 Å². The van der Waals surface area contributed by atoms with Crippen molar-refractivity contribution in [2.45, 2.75) is 6.92 Å². The second-order valence-corrected chi connectivity index (χ2v) is 11.4. The minimum atomic E-state index is -0.434. The third-order valence-corrected chi connectivity index (χ3v) is 8.31. The predicted octanol–water partition coefficient (Wildman–Crippen LogP) is 7.29. The Hall–Kier alpha value is -3.75. The number of amides is 1. The third-order valence-electron chi connectivity index (χ3n) is 7.27. The number of aromatic hydroxyl groups is 1. The average molecular weight is 638 g/mol. The number of anilines is 1. The largest absolute Gasteiger partial charge is 0.506 e. The van der Waals surface area contributed by atoms with Gasteiger partial charge in [0.1, 0.15) is 18.1 Å². The van der Waals surface area contributed by atoms with Crippen molar-refractivity contribution in [1.82, 2.24) is 10.3 Å². The summed E-state index contributed by atoms with van der Waals surface area (Å²) < 4.78 is 6.41. The molecule has 5 rings (SSSR count). The molecule has 0 aliphatic carbocycles. The maximum absolute atomic E-state index is 12.5. The van der Waals surface area contributed by atoms with E-state index in [0.717, 1.165) is 66.4 Å². The summed E-state index contributed by atoms with van der Waals surface area (Å²) in [5, 5.41) is 15.0. The Morgan fingerprint density at radius 1 is 0.930 bits per heavy atom. The number of phenols is 1. The smallest absolute Gasteiger partial charge is 0.271 e. The van der Waals surface area contributed by atoms with E-state index in [0.29, 0.717) is 22.2 Å². The van der Waals surface area contributed by atoms with Crippen LogP contribution in [0.4, 0.5) is 5.69 Å². The van der Waals surface area contributed by atoms with E-state index in [1.54, 1.807) is 6.21 Å². The molecule has 1 aliphatic rings. The van der Waals surface area contributed by atoms with E-state index in [1.165, 1.54) is 18.2 Å². The molecular weight excluding hydrogens is 607 g/mol. The van der Waals surface area contributed by atoms with Gasteiger partial charge in [0.15, 0.2) is 0 Å². The molecule has 4 aromatic rings. The average Bonchev–Trinajstić information content (AvgIpc) is 3.01. The highest BCUT2D eigenvalue weighted by atomic mass is 35.5. The summed E-state index contributed by atoms with van der Waals surface area (Å²) in [5.74, 6) is 0.298. The molecule has 1 saturated heterocycles. The van der Waals surface area contributed by atoms with Gasteiger partial charge in [-0.25, -0.2) is 5.43 Å². The first-order valence-electron chi connectivity index (χ1n) is 13.9. The highest BCUT2D eigenvalue weighted by molar-refractivity contribution is 6.42. The Bertz CT molecular complexity index is 1620. The molecule has 7 nitrogen and oxygen atoms in total. The summed E-state index contributed by atoms with van der Waals surface area (Å²) in [6.07, 6.45) is 1.59. The van der Waals surface area contributed by atoms with Crippen LogP contribution in [0.1, 0.15) is 21.5 Å². The van der Waals surface area contributed by atoms with Gasteiger partial charge in [-0.3, -0.25) is 9.69 Å². The van der Waals surface area contributed by atoms with Crippen molar-refractivity contribution in [2.75, 3.05) is 44.2 Å². The normalized spacial score (nSPS) is 13.8. The van der Waals surface area contributed by atoms with Crippen molar-refractivity contribution >= 4 is 52.6 Å². The summed E-state index contributed by atoms with van der Waals surface area (Å²) in [5.41, 5.74) is 7.63. The lowest BCUT2D eigenvalue weighted by molar-refractivity contribution is 0.0955. The fraction of sp³-hybridized carbons (Fsp3) is 0.212. The first-order valence-corrected chi connectivity index (χ1v) is 15.0. The summed E-state index contributed by atoms with van der Waals surface area (Å²) in [7, 11) is 0. The molecule has 0 spiro atoms. The molecule has 2 N–H and O–H groups in total. The minimum absolute atomic E-state index is 0.0876. The van der Waals surface area contributed by atoms with Crippen LogP contribution < -0.4 is 15.1 Å². The molecule has 0 atom stereocenters. The fourth-order valence-corrected chi connectivity index (χ4v) is 5.44. The van der Waals surface area contributed by atoms with E-state index in [-0.39, 0.29) is 10.8 Å². The molecule has 1 amide bonds. The predicted molar refractivity (Wildman–Crippen MR) is 175 cm³/mol. The molecule has 1 fully saturated rings. The number of hydrogen-bond donors (Lipinski definition) is 2. The van der Waals surface area contributed by atoms with Crippen molar-refractivity contribution in [3.8, 4) is 22.6 Å². The Morgan fingerprint density at radius 2 is 1.70 bits per heavy atom. The van der Waals surface area contributed by atoms with Gasteiger partial charge in [0.05, 0.1) is 21.3 Å². The first-order chi connectivity index (χ1) is 20.8. The number of piperazine rings is 1. The topological polar surface area (TPSA) is 77.4 Å². The van der Waals surface area contributed by atoms with Gasteiger partial charge in [-0.05, 0) is 72.1 Å². The third kappa shape index (κ3) is 7.80. The van der Waals surface area contributed by atoms with Crippen LogP contribution in [-0.4, -0.2) is 61.5 Å². The Morgan fingerprint density at radius 3 is 2.42 bits per heavy atom. The lowest BCUT2D eigenvalue weighted by Gasteiger charge is -2.36. The highest BCUT2D eigenvalue weighted by Crippen LogP contribution is 2.34. The van der Waals surface area contributed by atoms with Crippen LogP contribution in [0.15, 0.2) is 84.0 Å². The van der Waals surface area contributed by atoms with Crippen LogP contribution in [0.5, 0.6) is 11.5 Å². The van der Waals surface area contributed by atoms with E-state index in [9.17, 15) is 9.90 Å². The van der Waals surface area contributed by atoms with Gasteiger partial charge in [0.25, 0.3) is 5.91 Å². The van der Waals surface area contributed by atoms with Crippen LogP contribution in [-0.2, 0) is 0 Å². The summed E-state index contributed by atoms with van der Waals surface area (Å²) in [4.78, 5) is 17.2. The molecule has 0 aromatic heterocycles. The molecule has 1 heterocycles. The van der Waals surface area contributed by atoms with Crippen LogP contribution in [0.3, 0.4) is 0 Å².